The maximum atomic E-state index is 13.3. The first-order valence-corrected chi connectivity index (χ1v) is 6.92. The number of carbonyl (C=O) groups is 2. The summed E-state index contributed by atoms with van der Waals surface area (Å²) < 4.78 is 18.8. The third-order valence-electron chi connectivity index (χ3n) is 4.32. The molecule has 0 aliphatic carbocycles. The van der Waals surface area contributed by atoms with Gasteiger partial charge in [0, 0.05) is 5.69 Å². The van der Waals surface area contributed by atoms with E-state index in [0.717, 1.165) is 5.56 Å². The Morgan fingerprint density at radius 1 is 1.29 bits per heavy atom. The first kappa shape index (κ1) is 14.0. The fourth-order valence-corrected chi connectivity index (χ4v) is 3.27. The number of benzene rings is 1. The number of hydrogen-bond acceptors (Lipinski definition) is 3. The molecule has 0 aromatic heterocycles. The number of nitrogens with one attached hydrogen (secondary N) is 1. The van der Waals surface area contributed by atoms with Crippen molar-refractivity contribution in [3.63, 3.8) is 0 Å². The second kappa shape index (κ2) is 5.11. The van der Waals surface area contributed by atoms with Crippen LogP contribution < -0.4 is 5.32 Å². The Balaban J connectivity index is 1.81. The van der Waals surface area contributed by atoms with Crippen LogP contribution in [0.5, 0.6) is 0 Å². The molecule has 2 aliphatic rings. The van der Waals surface area contributed by atoms with Gasteiger partial charge in [0.1, 0.15) is 5.82 Å². The van der Waals surface area contributed by atoms with Crippen LogP contribution in [-0.2, 0) is 14.3 Å². The maximum Gasteiger partial charge on any atom is 0.310 e. The van der Waals surface area contributed by atoms with E-state index in [-0.39, 0.29) is 6.10 Å². The number of ether oxygens (including phenoxy) is 1. The van der Waals surface area contributed by atoms with E-state index in [4.69, 9.17) is 4.74 Å². The Hall–Kier alpha value is -1.95. The van der Waals surface area contributed by atoms with Crippen LogP contribution in [0.4, 0.5) is 10.1 Å². The molecule has 1 amide bonds. The van der Waals surface area contributed by atoms with Crippen molar-refractivity contribution in [3.8, 4) is 0 Å². The molecule has 2 saturated heterocycles. The summed E-state index contributed by atoms with van der Waals surface area (Å²) in [6.45, 7) is 1.75. The van der Waals surface area contributed by atoms with Gasteiger partial charge in [0.05, 0.1) is 24.0 Å². The number of carbonyl (C=O) groups excluding carboxylic acids is 1. The van der Waals surface area contributed by atoms with Crippen LogP contribution in [0.25, 0.3) is 0 Å². The lowest BCUT2D eigenvalue weighted by Gasteiger charge is -2.24. The summed E-state index contributed by atoms with van der Waals surface area (Å²) in [5.41, 5.74) is 1.09. The van der Waals surface area contributed by atoms with Crippen LogP contribution in [0.1, 0.15) is 18.4 Å². The lowest BCUT2D eigenvalue weighted by atomic mass is 9.78. The van der Waals surface area contributed by atoms with Crippen molar-refractivity contribution in [1.29, 1.82) is 0 Å². The Bertz CT molecular complexity index is 603. The zero-order valence-electron chi connectivity index (χ0n) is 11.5. The molecular weight excluding hydrogens is 277 g/mol. The summed E-state index contributed by atoms with van der Waals surface area (Å²) in [7, 11) is 0. The van der Waals surface area contributed by atoms with Crippen molar-refractivity contribution >= 4 is 17.6 Å². The Labute approximate surface area is 121 Å². The second-order valence-electron chi connectivity index (χ2n) is 5.63. The molecule has 0 unspecified atom stereocenters. The van der Waals surface area contributed by atoms with Gasteiger partial charge in [-0.1, -0.05) is 6.07 Å². The summed E-state index contributed by atoms with van der Waals surface area (Å²) in [5, 5.41) is 11.9. The Morgan fingerprint density at radius 3 is 2.62 bits per heavy atom. The minimum atomic E-state index is -1.02. The molecular formula is C15H16FNO4. The highest BCUT2D eigenvalue weighted by Gasteiger charge is 2.55. The number of halogens is 1. The highest BCUT2D eigenvalue weighted by molar-refractivity contribution is 5.96. The summed E-state index contributed by atoms with van der Waals surface area (Å²) in [5.74, 6) is -3.42. The van der Waals surface area contributed by atoms with Gasteiger partial charge < -0.3 is 15.2 Å². The molecule has 1 aromatic rings. The minimum Gasteiger partial charge on any atom is -0.481 e. The zero-order valence-corrected chi connectivity index (χ0v) is 11.5. The summed E-state index contributed by atoms with van der Waals surface area (Å²) >= 11 is 0. The van der Waals surface area contributed by atoms with E-state index in [1.54, 1.807) is 13.0 Å². The fraction of sp³-hybridized carbons (Fsp3) is 0.467. The van der Waals surface area contributed by atoms with Crippen molar-refractivity contribution in [2.24, 2.45) is 11.8 Å². The summed E-state index contributed by atoms with van der Waals surface area (Å²) in [6.07, 6.45) is 0.612. The van der Waals surface area contributed by atoms with Crippen molar-refractivity contribution in [2.45, 2.75) is 32.0 Å². The van der Waals surface area contributed by atoms with Crippen LogP contribution >= 0.6 is 0 Å². The van der Waals surface area contributed by atoms with E-state index < -0.39 is 35.6 Å². The Morgan fingerprint density at radius 2 is 1.95 bits per heavy atom. The molecule has 2 fully saturated rings. The van der Waals surface area contributed by atoms with Crippen LogP contribution in [-0.4, -0.2) is 29.2 Å². The van der Waals surface area contributed by atoms with E-state index in [1.165, 1.54) is 12.1 Å². The van der Waals surface area contributed by atoms with Crippen molar-refractivity contribution in [2.75, 3.05) is 5.32 Å². The van der Waals surface area contributed by atoms with Crippen molar-refractivity contribution in [3.05, 3.63) is 29.6 Å². The van der Waals surface area contributed by atoms with Gasteiger partial charge in [-0.15, -0.1) is 0 Å². The van der Waals surface area contributed by atoms with Gasteiger partial charge in [0.15, 0.2) is 0 Å². The van der Waals surface area contributed by atoms with Crippen LogP contribution in [0, 0.1) is 24.6 Å². The molecule has 0 saturated carbocycles. The smallest absolute Gasteiger partial charge is 0.310 e. The third kappa shape index (κ3) is 2.40. The van der Waals surface area contributed by atoms with Gasteiger partial charge in [-0.25, -0.2) is 4.39 Å². The quantitative estimate of drug-likeness (QED) is 0.893. The van der Waals surface area contributed by atoms with Gasteiger partial charge in [0.25, 0.3) is 0 Å². The molecule has 3 rings (SSSR count). The molecule has 21 heavy (non-hydrogen) atoms. The molecule has 112 valence electrons. The number of carboxylic acid groups (broad SMARTS) is 1. The molecule has 6 heteroatoms. The van der Waals surface area contributed by atoms with Crippen molar-refractivity contribution < 1.29 is 23.8 Å². The summed E-state index contributed by atoms with van der Waals surface area (Å²) in [6, 6.07) is 4.11. The van der Waals surface area contributed by atoms with Gasteiger partial charge in [-0.05, 0) is 37.5 Å². The molecule has 2 N–H and O–H groups in total. The fourth-order valence-electron chi connectivity index (χ4n) is 3.27. The first-order chi connectivity index (χ1) is 9.97. The number of amides is 1. The Kier molecular flexibility index (Phi) is 3.41. The number of fused-ring (bicyclic) bond motifs is 2. The minimum absolute atomic E-state index is 0.357. The summed E-state index contributed by atoms with van der Waals surface area (Å²) in [4.78, 5) is 23.8. The topological polar surface area (TPSA) is 75.6 Å². The van der Waals surface area contributed by atoms with Gasteiger partial charge in [-0.2, -0.15) is 0 Å². The van der Waals surface area contributed by atoms with E-state index in [1.807, 2.05) is 0 Å². The number of aliphatic carboxylic acids is 1. The van der Waals surface area contributed by atoms with E-state index in [0.29, 0.717) is 18.5 Å². The van der Waals surface area contributed by atoms with E-state index in [2.05, 4.69) is 5.32 Å². The zero-order chi connectivity index (χ0) is 15.1. The number of rotatable bonds is 3. The number of hydrogen-bond donors (Lipinski definition) is 2. The monoisotopic (exact) mass is 293 g/mol. The molecule has 1 aromatic carbocycles. The van der Waals surface area contributed by atoms with Crippen molar-refractivity contribution in [1.82, 2.24) is 0 Å². The van der Waals surface area contributed by atoms with Crippen LogP contribution in [0.15, 0.2) is 18.2 Å². The average molecular weight is 293 g/mol. The predicted molar refractivity (Wildman–Crippen MR) is 72.3 cm³/mol. The molecule has 4 atom stereocenters. The number of carboxylic acids is 1. The normalized spacial score (nSPS) is 30.4. The second-order valence-corrected chi connectivity index (χ2v) is 5.63. The highest BCUT2D eigenvalue weighted by Crippen LogP contribution is 2.44. The third-order valence-corrected chi connectivity index (χ3v) is 4.32. The van der Waals surface area contributed by atoms with Crippen LogP contribution in [0.2, 0.25) is 0 Å². The lowest BCUT2D eigenvalue weighted by Crippen LogP contribution is -2.41. The molecule has 5 nitrogen and oxygen atoms in total. The number of anilines is 1. The SMILES string of the molecule is Cc1ccc(F)cc1NC(=O)[C@H]1[C@@H](C(=O)O)[C@H]2CC[C@H]1O2. The lowest BCUT2D eigenvalue weighted by molar-refractivity contribution is -0.147. The average Bonchev–Trinajstić information content (AvgIpc) is 3.03. The molecule has 2 aliphatic heterocycles. The van der Waals surface area contributed by atoms with E-state index >= 15 is 0 Å². The maximum absolute atomic E-state index is 13.3. The first-order valence-electron chi connectivity index (χ1n) is 6.92. The van der Waals surface area contributed by atoms with Crippen LogP contribution in [0.3, 0.4) is 0 Å². The van der Waals surface area contributed by atoms with Gasteiger partial charge in [0.2, 0.25) is 5.91 Å². The molecule has 0 radical (unpaired) electrons. The van der Waals surface area contributed by atoms with Gasteiger partial charge >= 0.3 is 5.97 Å². The largest absolute Gasteiger partial charge is 0.481 e. The molecule has 2 bridgehead atoms. The van der Waals surface area contributed by atoms with Gasteiger partial charge in [-0.3, -0.25) is 9.59 Å². The van der Waals surface area contributed by atoms with E-state index in [9.17, 15) is 19.1 Å². The standard InChI is InChI=1S/C15H16FNO4/c1-7-2-3-8(16)6-9(7)17-14(18)12-10-4-5-11(21-10)13(12)15(19)20/h2-3,6,10-13H,4-5H2,1H3,(H,17,18)(H,19,20)/t10-,11-,12-,13+/m1/s1. The molecule has 0 spiro atoms. The predicted octanol–water partition coefficient (Wildman–Crippen LogP) is 1.95. The molecule has 2 heterocycles. The highest BCUT2D eigenvalue weighted by atomic mass is 19.1. The number of aryl methyl sites for hydroxylation is 1.